The highest BCUT2D eigenvalue weighted by Gasteiger charge is 2.22. The number of para-hydroxylation sites is 1. The standard InChI is InChI=1S/C25H30N4O5/c1-25(2,3)34-24(31)27-14-13-26-23(30)20-16-29(17-9-7-6-8-10-17)28-22(20)19-12-11-18(32-4)15-21(19)33-5/h6-12,15-16H,13-14H2,1-5H3,(H,26,30)(H,27,31). The Labute approximate surface area is 199 Å². The van der Waals surface area contributed by atoms with Crippen LogP contribution >= 0.6 is 0 Å². The number of nitrogens with zero attached hydrogens (tertiary/aromatic N) is 2. The number of nitrogens with one attached hydrogen (secondary N) is 2. The zero-order valence-corrected chi connectivity index (χ0v) is 20.0. The summed E-state index contributed by atoms with van der Waals surface area (Å²) in [5, 5.41) is 10.1. The molecule has 0 fully saturated rings. The molecule has 0 spiro atoms. The molecule has 0 saturated heterocycles. The summed E-state index contributed by atoms with van der Waals surface area (Å²) in [4.78, 5) is 24.9. The topological polar surface area (TPSA) is 104 Å². The van der Waals surface area contributed by atoms with Crippen LogP contribution in [0.25, 0.3) is 16.9 Å². The van der Waals surface area contributed by atoms with Gasteiger partial charge < -0.3 is 24.8 Å². The predicted molar refractivity (Wildman–Crippen MR) is 129 cm³/mol. The van der Waals surface area contributed by atoms with Gasteiger partial charge in [-0.15, -0.1) is 0 Å². The summed E-state index contributed by atoms with van der Waals surface area (Å²) < 4.78 is 17.7. The number of amides is 2. The van der Waals surface area contributed by atoms with Crippen molar-refractivity contribution in [2.24, 2.45) is 0 Å². The van der Waals surface area contributed by atoms with Gasteiger partial charge in [-0.25, -0.2) is 9.48 Å². The Balaban J connectivity index is 1.84. The molecule has 0 aliphatic heterocycles. The minimum atomic E-state index is -0.592. The third kappa shape index (κ3) is 6.28. The van der Waals surface area contributed by atoms with Gasteiger partial charge in [0.15, 0.2) is 0 Å². The van der Waals surface area contributed by atoms with Gasteiger partial charge in [-0.1, -0.05) is 18.2 Å². The van der Waals surface area contributed by atoms with Crippen LogP contribution < -0.4 is 20.1 Å². The number of carbonyl (C=O) groups is 2. The van der Waals surface area contributed by atoms with Gasteiger partial charge in [0.05, 0.1) is 25.5 Å². The van der Waals surface area contributed by atoms with Crippen molar-refractivity contribution >= 4 is 12.0 Å². The molecule has 0 radical (unpaired) electrons. The van der Waals surface area contributed by atoms with Crippen molar-refractivity contribution in [2.75, 3.05) is 27.3 Å². The number of benzene rings is 2. The van der Waals surface area contributed by atoms with E-state index in [1.807, 2.05) is 30.3 Å². The van der Waals surface area contributed by atoms with Gasteiger partial charge in [-0.05, 0) is 45.0 Å². The lowest BCUT2D eigenvalue weighted by atomic mass is 10.1. The van der Waals surface area contributed by atoms with Crippen molar-refractivity contribution in [1.29, 1.82) is 0 Å². The van der Waals surface area contributed by atoms with E-state index in [0.717, 1.165) is 5.69 Å². The summed E-state index contributed by atoms with van der Waals surface area (Å²) in [7, 11) is 3.12. The van der Waals surface area contributed by atoms with Gasteiger partial charge in [0.25, 0.3) is 5.91 Å². The molecule has 1 aromatic heterocycles. The molecule has 3 rings (SSSR count). The number of ether oxygens (including phenoxy) is 3. The summed E-state index contributed by atoms with van der Waals surface area (Å²) in [6, 6.07) is 14.8. The van der Waals surface area contributed by atoms with Crippen molar-refractivity contribution in [3.8, 4) is 28.4 Å². The van der Waals surface area contributed by atoms with Gasteiger partial charge >= 0.3 is 6.09 Å². The van der Waals surface area contributed by atoms with Gasteiger partial charge in [-0.3, -0.25) is 4.79 Å². The van der Waals surface area contributed by atoms with E-state index < -0.39 is 11.7 Å². The average molecular weight is 467 g/mol. The maximum Gasteiger partial charge on any atom is 0.407 e. The Morgan fingerprint density at radius 1 is 0.971 bits per heavy atom. The molecule has 0 atom stereocenters. The van der Waals surface area contributed by atoms with Crippen LogP contribution in [0.2, 0.25) is 0 Å². The maximum absolute atomic E-state index is 13.1. The van der Waals surface area contributed by atoms with Crippen molar-refractivity contribution in [3.05, 3.63) is 60.3 Å². The summed E-state index contributed by atoms with van der Waals surface area (Å²) in [5.41, 5.74) is 1.69. The molecule has 34 heavy (non-hydrogen) atoms. The molecular formula is C25H30N4O5. The molecule has 3 aromatic rings. The van der Waals surface area contributed by atoms with E-state index >= 15 is 0 Å². The highest BCUT2D eigenvalue weighted by molar-refractivity contribution is 6.00. The largest absolute Gasteiger partial charge is 0.497 e. The fourth-order valence-electron chi connectivity index (χ4n) is 3.20. The van der Waals surface area contributed by atoms with Crippen LogP contribution in [0, 0.1) is 0 Å². The first-order valence-electron chi connectivity index (χ1n) is 10.8. The minimum absolute atomic E-state index is 0.216. The molecule has 2 aromatic carbocycles. The van der Waals surface area contributed by atoms with E-state index in [-0.39, 0.29) is 19.0 Å². The number of rotatable bonds is 8. The van der Waals surface area contributed by atoms with E-state index in [4.69, 9.17) is 14.2 Å². The van der Waals surface area contributed by atoms with Gasteiger partial charge in [0.2, 0.25) is 0 Å². The van der Waals surface area contributed by atoms with Crippen LogP contribution in [-0.4, -0.2) is 54.7 Å². The van der Waals surface area contributed by atoms with Crippen molar-refractivity contribution in [1.82, 2.24) is 20.4 Å². The van der Waals surface area contributed by atoms with Crippen LogP contribution in [-0.2, 0) is 4.74 Å². The fourth-order valence-corrected chi connectivity index (χ4v) is 3.20. The van der Waals surface area contributed by atoms with Crippen molar-refractivity contribution in [3.63, 3.8) is 0 Å². The molecule has 0 aliphatic carbocycles. The van der Waals surface area contributed by atoms with E-state index in [0.29, 0.717) is 28.3 Å². The van der Waals surface area contributed by atoms with Gasteiger partial charge in [0.1, 0.15) is 22.8 Å². The van der Waals surface area contributed by atoms with E-state index in [2.05, 4.69) is 15.7 Å². The monoisotopic (exact) mass is 466 g/mol. The highest BCUT2D eigenvalue weighted by Crippen LogP contribution is 2.34. The number of aromatic nitrogens is 2. The molecule has 0 aliphatic rings. The molecule has 2 amide bonds. The summed E-state index contributed by atoms with van der Waals surface area (Å²) >= 11 is 0. The molecule has 0 bridgehead atoms. The third-order valence-corrected chi connectivity index (χ3v) is 4.72. The Bertz CT molecular complexity index is 1140. The van der Waals surface area contributed by atoms with Crippen LogP contribution in [0.1, 0.15) is 31.1 Å². The highest BCUT2D eigenvalue weighted by atomic mass is 16.6. The Morgan fingerprint density at radius 3 is 2.32 bits per heavy atom. The van der Waals surface area contributed by atoms with Crippen molar-refractivity contribution < 1.29 is 23.8 Å². The first-order valence-corrected chi connectivity index (χ1v) is 10.8. The lowest BCUT2D eigenvalue weighted by Gasteiger charge is -2.19. The maximum atomic E-state index is 13.1. The predicted octanol–water partition coefficient (Wildman–Crippen LogP) is 3.81. The number of carbonyl (C=O) groups excluding carboxylic acids is 2. The molecule has 9 nitrogen and oxygen atoms in total. The zero-order valence-electron chi connectivity index (χ0n) is 20.0. The number of hydrogen-bond donors (Lipinski definition) is 2. The number of alkyl carbamates (subject to hydrolysis) is 1. The molecule has 0 unspecified atom stereocenters. The second kappa shape index (κ2) is 10.7. The molecule has 1 heterocycles. The molecule has 0 saturated carbocycles. The molecular weight excluding hydrogens is 436 g/mol. The summed E-state index contributed by atoms with van der Waals surface area (Å²) in [6.07, 6.45) is 1.13. The lowest BCUT2D eigenvalue weighted by Crippen LogP contribution is -2.37. The second-order valence-electron chi connectivity index (χ2n) is 8.42. The smallest absolute Gasteiger partial charge is 0.407 e. The zero-order chi connectivity index (χ0) is 24.7. The molecule has 180 valence electrons. The van der Waals surface area contributed by atoms with E-state index in [9.17, 15) is 9.59 Å². The second-order valence-corrected chi connectivity index (χ2v) is 8.42. The van der Waals surface area contributed by atoms with Crippen LogP contribution in [0.15, 0.2) is 54.7 Å². The Morgan fingerprint density at radius 2 is 1.68 bits per heavy atom. The minimum Gasteiger partial charge on any atom is -0.497 e. The van der Waals surface area contributed by atoms with Gasteiger partial charge in [-0.2, -0.15) is 5.10 Å². The van der Waals surface area contributed by atoms with Gasteiger partial charge in [0, 0.05) is 30.9 Å². The SMILES string of the molecule is COc1ccc(-c2nn(-c3ccccc3)cc2C(=O)NCCNC(=O)OC(C)(C)C)c(OC)c1. The first kappa shape index (κ1) is 24.6. The molecule has 9 heteroatoms. The summed E-state index contributed by atoms with van der Waals surface area (Å²) in [5.74, 6) is 0.821. The fraction of sp³-hybridized carbons (Fsp3) is 0.320. The van der Waals surface area contributed by atoms with E-state index in [1.165, 1.54) is 0 Å². The van der Waals surface area contributed by atoms with Crippen LogP contribution in [0.4, 0.5) is 4.79 Å². The van der Waals surface area contributed by atoms with Crippen LogP contribution in [0.3, 0.4) is 0 Å². The van der Waals surface area contributed by atoms with Crippen molar-refractivity contribution in [2.45, 2.75) is 26.4 Å². The van der Waals surface area contributed by atoms with Crippen LogP contribution in [0.5, 0.6) is 11.5 Å². The molecule has 2 N–H and O–H groups in total. The Kier molecular flexibility index (Phi) is 7.78. The van der Waals surface area contributed by atoms with E-state index in [1.54, 1.807) is 64.1 Å². The summed E-state index contributed by atoms with van der Waals surface area (Å²) in [6.45, 7) is 5.79. The number of hydrogen-bond acceptors (Lipinski definition) is 6. The third-order valence-electron chi connectivity index (χ3n) is 4.72. The quantitative estimate of drug-likeness (QED) is 0.490. The first-order chi connectivity index (χ1) is 16.2. The normalized spacial score (nSPS) is 11.0. The lowest BCUT2D eigenvalue weighted by molar-refractivity contribution is 0.0526. The Hall–Kier alpha value is -4.01. The average Bonchev–Trinajstić information content (AvgIpc) is 3.26. The number of methoxy groups -OCH3 is 2.